The summed E-state index contributed by atoms with van der Waals surface area (Å²) in [4.78, 5) is 41.3. The first-order valence-corrected chi connectivity index (χ1v) is 15.9. The molecule has 2 aromatic carbocycles. The molecule has 41 heavy (non-hydrogen) atoms. The van der Waals surface area contributed by atoms with E-state index in [0.29, 0.717) is 42.6 Å². The number of esters is 1. The van der Waals surface area contributed by atoms with Gasteiger partial charge >= 0.3 is 5.97 Å². The molecule has 4 N–H and O–H groups in total. The first-order chi connectivity index (χ1) is 19.7. The van der Waals surface area contributed by atoms with Crippen LogP contribution in [0.25, 0.3) is 0 Å². The molecule has 0 radical (unpaired) electrons. The van der Waals surface area contributed by atoms with Crippen LogP contribution in [0.15, 0.2) is 48.5 Å². The van der Waals surface area contributed by atoms with E-state index in [9.17, 15) is 18.8 Å². The smallest absolute Gasteiger partial charge is 0.328 e. The third-order valence-electron chi connectivity index (χ3n) is 6.26. The number of hydrogen-bond acceptors (Lipinski definition) is 7. The molecule has 0 heterocycles. The van der Waals surface area contributed by atoms with Crippen LogP contribution in [0.5, 0.6) is 0 Å². The van der Waals surface area contributed by atoms with Gasteiger partial charge in [-0.2, -0.15) is 11.8 Å². The highest BCUT2D eigenvalue weighted by molar-refractivity contribution is 7.98. The van der Waals surface area contributed by atoms with Gasteiger partial charge in [0.2, 0.25) is 11.8 Å². The fourth-order valence-corrected chi connectivity index (χ4v) is 5.02. The van der Waals surface area contributed by atoms with Crippen molar-refractivity contribution in [3.05, 3.63) is 65.5 Å². The van der Waals surface area contributed by atoms with Gasteiger partial charge in [0.05, 0.1) is 12.6 Å². The van der Waals surface area contributed by atoms with Crippen molar-refractivity contribution in [3.63, 3.8) is 0 Å². The lowest BCUT2D eigenvalue weighted by atomic mass is 10.0. The van der Waals surface area contributed by atoms with Crippen LogP contribution in [0.2, 0.25) is 0 Å². The summed E-state index contributed by atoms with van der Waals surface area (Å²) >= 11 is 13.5. The number of amides is 2. The molecule has 0 saturated heterocycles. The molecule has 2 amide bonds. The second kappa shape index (κ2) is 18.8. The highest BCUT2D eigenvalue weighted by Crippen LogP contribution is 2.18. The maximum absolute atomic E-state index is 13.5. The van der Waals surface area contributed by atoms with Crippen molar-refractivity contribution in [1.29, 1.82) is 0 Å². The number of nitrogens with zero attached hydrogens (tertiary/aromatic N) is 1. The molecule has 0 aliphatic heterocycles. The number of carbonyl (C=O) groups is 3. The summed E-state index contributed by atoms with van der Waals surface area (Å²) in [6.07, 6.45) is 2.57. The number of ether oxygens (including phenoxy) is 1. The molecule has 12 heteroatoms. The minimum Gasteiger partial charge on any atom is -0.464 e. The van der Waals surface area contributed by atoms with Crippen molar-refractivity contribution in [2.45, 2.75) is 44.3 Å². The molecule has 8 nitrogen and oxygen atoms in total. The van der Waals surface area contributed by atoms with Gasteiger partial charge < -0.3 is 26.0 Å². The number of thioether (sulfide) groups is 1. The second-order valence-electron chi connectivity index (χ2n) is 9.33. The number of halogens is 3. The van der Waals surface area contributed by atoms with E-state index in [1.54, 1.807) is 19.1 Å². The summed E-state index contributed by atoms with van der Waals surface area (Å²) in [5.41, 5.74) is 8.51. The highest BCUT2D eigenvalue weighted by atomic mass is 35.5. The molecule has 0 unspecified atom stereocenters. The second-order valence-corrected chi connectivity index (χ2v) is 11.1. The average Bonchev–Trinajstić information content (AvgIpc) is 2.96. The van der Waals surface area contributed by atoms with Gasteiger partial charge in [-0.05, 0) is 67.2 Å². The Kier molecular flexibility index (Phi) is 15.9. The zero-order valence-corrected chi connectivity index (χ0v) is 25.7. The fourth-order valence-electron chi connectivity index (χ4n) is 4.14. The molecule has 2 aromatic rings. The lowest BCUT2D eigenvalue weighted by Gasteiger charge is -2.25. The maximum Gasteiger partial charge on any atom is 0.328 e. The van der Waals surface area contributed by atoms with E-state index in [0.717, 1.165) is 11.3 Å². The minimum absolute atomic E-state index is 0.141. The Morgan fingerprint density at radius 3 is 2.24 bits per heavy atom. The molecule has 226 valence electrons. The Bertz CT molecular complexity index is 1110. The number of alkyl halides is 2. The van der Waals surface area contributed by atoms with Crippen molar-refractivity contribution in [2.24, 2.45) is 5.73 Å². The first kappa shape index (κ1) is 34.7. The van der Waals surface area contributed by atoms with Crippen molar-refractivity contribution in [2.75, 3.05) is 48.4 Å². The van der Waals surface area contributed by atoms with E-state index in [2.05, 4.69) is 10.6 Å². The molecule has 0 aromatic heterocycles. The van der Waals surface area contributed by atoms with Gasteiger partial charge in [-0.15, -0.1) is 23.2 Å². The summed E-state index contributed by atoms with van der Waals surface area (Å²) < 4.78 is 18.5. The van der Waals surface area contributed by atoms with Crippen LogP contribution in [0.4, 0.5) is 10.1 Å². The summed E-state index contributed by atoms with van der Waals surface area (Å²) in [7, 11) is 0. The van der Waals surface area contributed by atoms with E-state index in [1.807, 2.05) is 35.4 Å². The lowest BCUT2D eigenvalue weighted by Crippen LogP contribution is -2.55. The minimum atomic E-state index is -1.03. The number of hydrogen-bond donors (Lipinski definition) is 3. The zero-order valence-electron chi connectivity index (χ0n) is 23.4. The van der Waals surface area contributed by atoms with Gasteiger partial charge in [0.1, 0.15) is 17.9 Å². The number of nitrogens with one attached hydrogen (secondary N) is 2. The van der Waals surface area contributed by atoms with Crippen LogP contribution in [0.3, 0.4) is 0 Å². The summed E-state index contributed by atoms with van der Waals surface area (Å²) in [5, 5.41) is 5.53. The van der Waals surface area contributed by atoms with Crippen LogP contribution in [0, 0.1) is 5.82 Å². The van der Waals surface area contributed by atoms with Gasteiger partial charge in [0.15, 0.2) is 0 Å². The van der Waals surface area contributed by atoms with Crippen LogP contribution >= 0.6 is 35.0 Å². The monoisotopic (exact) mass is 628 g/mol. The van der Waals surface area contributed by atoms with Crippen molar-refractivity contribution >= 4 is 58.4 Å². The van der Waals surface area contributed by atoms with E-state index < -0.39 is 35.9 Å². The Balaban J connectivity index is 2.29. The third kappa shape index (κ3) is 12.1. The third-order valence-corrected chi connectivity index (χ3v) is 7.24. The fraction of sp³-hybridized carbons (Fsp3) is 0.483. The predicted octanol–water partition coefficient (Wildman–Crippen LogP) is 3.51. The lowest BCUT2D eigenvalue weighted by molar-refractivity contribution is -0.147. The number of rotatable bonds is 18. The van der Waals surface area contributed by atoms with Crippen LogP contribution in [-0.4, -0.2) is 79.4 Å². The van der Waals surface area contributed by atoms with Gasteiger partial charge in [0, 0.05) is 37.0 Å². The quantitative estimate of drug-likeness (QED) is 0.171. The average molecular weight is 630 g/mol. The molecular weight excluding hydrogens is 590 g/mol. The normalized spacial score (nSPS) is 13.1. The highest BCUT2D eigenvalue weighted by Gasteiger charge is 2.29. The van der Waals surface area contributed by atoms with Crippen LogP contribution in [0.1, 0.15) is 24.5 Å². The van der Waals surface area contributed by atoms with Gasteiger partial charge in [-0.25, -0.2) is 9.18 Å². The van der Waals surface area contributed by atoms with E-state index >= 15 is 0 Å². The molecule has 0 spiro atoms. The Hall–Kier alpha value is -2.53. The molecule has 0 bridgehead atoms. The van der Waals surface area contributed by atoms with Crippen LogP contribution in [-0.2, 0) is 32.0 Å². The topological polar surface area (TPSA) is 114 Å². The largest absolute Gasteiger partial charge is 0.464 e. The number of anilines is 1. The Morgan fingerprint density at radius 2 is 1.63 bits per heavy atom. The zero-order chi connectivity index (χ0) is 30.2. The number of carbonyl (C=O) groups excluding carboxylic acids is 3. The molecule has 0 aliphatic carbocycles. The van der Waals surface area contributed by atoms with E-state index in [1.165, 1.54) is 23.9 Å². The van der Waals surface area contributed by atoms with Gasteiger partial charge in [0.25, 0.3) is 0 Å². The molecule has 2 rings (SSSR count). The number of nitrogens with two attached hydrogens (primary N) is 1. The molecule has 0 saturated carbocycles. The number of benzene rings is 2. The maximum atomic E-state index is 13.5. The van der Waals surface area contributed by atoms with Gasteiger partial charge in [-0.3, -0.25) is 9.59 Å². The van der Waals surface area contributed by atoms with Crippen molar-refractivity contribution in [1.82, 2.24) is 10.6 Å². The first-order valence-electron chi connectivity index (χ1n) is 13.4. The van der Waals surface area contributed by atoms with Gasteiger partial charge in [-0.1, -0.05) is 24.3 Å². The van der Waals surface area contributed by atoms with Crippen molar-refractivity contribution < 1.29 is 23.5 Å². The SMILES string of the molecule is CCOC(=O)[C@H](CCSC)NC(=O)[C@H](Cc1cccc(N(CCCl)CCCl)c1)NC(=O)[C@@H](N)Cc1ccc(F)cc1. The predicted molar refractivity (Wildman–Crippen MR) is 165 cm³/mol. The van der Waals surface area contributed by atoms with E-state index in [-0.39, 0.29) is 25.3 Å². The van der Waals surface area contributed by atoms with E-state index in [4.69, 9.17) is 33.7 Å². The molecule has 3 atom stereocenters. The molecular formula is C29H39Cl2FN4O4S. The van der Waals surface area contributed by atoms with Crippen LogP contribution < -0.4 is 21.3 Å². The standard InChI is InChI=1S/C29H39Cl2FN4O4S/c1-3-40-29(39)25(11-16-41-2)34-28(38)26(35-27(37)24(33)18-20-7-9-22(32)10-8-20)19-21-5-4-6-23(17-21)36(14-12-30)15-13-31/h4-10,17,24-26H,3,11-16,18-19,33H2,1-2H3,(H,34,38)(H,35,37)/t24-,25-,26-/m0/s1. The molecule has 0 fully saturated rings. The Labute approximate surface area is 255 Å². The summed E-state index contributed by atoms with van der Waals surface area (Å²) in [5.74, 6) is -0.545. The molecule has 0 aliphatic rings. The summed E-state index contributed by atoms with van der Waals surface area (Å²) in [6.45, 7) is 3.05. The van der Waals surface area contributed by atoms with Crippen molar-refractivity contribution in [3.8, 4) is 0 Å². The Morgan fingerprint density at radius 1 is 0.976 bits per heavy atom. The summed E-state index contributed by atoms with van der Waals surface area (Å²) in [6, 6.07) is 10.4.